The minimum absolute atomic E-state index is 0.0660. The van der Waals surface area contributed by atoms with E-state index in [0.717, 1.165) is 37.1 Å². The summed E-state index contributed by atoms with van der Waals surface area (Å²) in [6, 6.07) is 14.2. The number of fused-ring (bicyclic) bond motifs is 1. The Bertz CT molecular complexity index is 1320. The Hall–Kier alpha value is -3.44. The number of halogens is 1. The third kappa shape index (κ3) is 5.21. The third-order valence-corrected chi connectivity index (χ3v) is 7.40. The highest BCUT2D eigenvalue weighted by Gasteiger charge is 2.32. The standard InChI is InChI=1S/C28H34FN5O2/c1-28(2,18-35)17-34(22-8-5-19(29)6-9-22)23-12-10-21(11-13-23)32(3)25-15-26(36)33(4)24-14-7-20(16-30)31-27(24)25/h5-9,14-15,21,23,35H,10-13,17-18H2,1-4H3. The van der Waals surface area contributed by atoms with Gasteiger partial charge in [0.2, 0.25) is 0 Å². The van der Waals surface area contributed by atoms with Crippen molar-refractivity contribution in [2.75, 3.05) is 30.0 Å². The molecule has 0 bridgehead atoms. The van der Waals surface area contributed by atoms with Crippen molar-refractivity contribution in [3.63, 3.8) is 0 Å². The minimum Gasteiger partial charge on any atom is -0.396 e. The molecular formula is C28H34FN5O2. The van der Waals surface area contributed by atoms with Crippen LogP contribution in [0.4, 0.5) is 15.8 Å². The molecule has 2 heterocycles. The minimum atomic E-state index is -0.296. The van der Waals surface area contributed by atoms with Gasteiger partial charge in [0.25, 0.3) is 5.56 Å². The maximum atomic E-state index is 13.6. The molecule has 8 heteroatoms. The van der Waals surface area contributed by atoms with Crippen LogP contribution in [0.15, 0.2) is 47.3 Å². The molecule has 0 unspecified atom stereocenters. The Morgan fingerprint density at radius 2 is 1.78 bits per heavy atom. The smallest absolute Gasteiger partial charge is 0.252 e. The summed E-state index contributed by atoms with van der Waals surface area (Å²) >= 11 is 0. The average molecular weight is 492 g/mol. The second kappa shape index (κ2) is 10.3. The van der Waals surface area contributed by atoms with Gasteiger partial charge in [0, 0.05) is 56.5 Å². The third-order valence-electron chi connectivity index (χ3n) is 7.40. The Morgan fingerprint density at radius 3 is 2.39 bits per heavy atom. The van der Waals surface area contributed by atoms with Crippen LogP contribution < -0.4 is 15.4 Å². The van der Waals surface area contributed by atoms with Gasteiger partial charge in [0.15, 0.2) is 0 Å². The zero-order valence-corrected chi connectivity index (χ0v) is 21.4. The van der Waals surface area contributed by atoms with Crippen LogP contribution in [0.3, 0.4) is 0 Å². The SMILES string of the molecule is CN(c1cc(=O)n(C)c2ccc(C#N)nc12)C1CCC(N(CC(C)(C)CO)c2ccc(F)cc2)CC1. The lowest BCUT2D eigenvalue weighted by Gasteiger charge is -2.44. The Labute approximate surface area is 211 Å². The van der Waals surface area contributed by atoms with Crippen molar-refractivity contribution in [1.29, 1.82) is 5.26 Å². The van der Waals surface area contributed by atoms with Crippen molar-refractivity contribution >= 4 is 22.4 Å². The van der Waals surface area contributed by atoms with E-state index in [1.165, 1.54) is 12.1 Å². The highest BCUT2D eigenvalue weighted by atomic mass is 19.1. The van der Waals surface area contributed by atoms with E-state index >= 15 is 0 Å². The molecule has 0 radical (unpaired) electrons. The van der Waals surface area contributed by atoms with Gasteiger partial charge < -0.3 is 19.5 Å². The number of nitrogens with zero attached hydrogens (tertiary/aromatic N) is 5. The quantitative estimate of drug-likeness (QED) is 0.533. The lowest BCUT2D eigenvalue weighted by Crippen LogP contribution is -2.47. The van der Waals surface area contributed by atoms with Crippen molar-refractivity contribution in [2.24, 2.45) is 12.5 Å². The molecule has 1 fully saturated rings. The highest BCUT2D eigenvalue weighted by molar-refractivity contribution is 5.88. The number of aromatic nitrogens is 2. The molecule has 1 aliphatic carbocycles. The number of aryl methyl sites for hydroxylation is 1. The van der Waals surface area contributed by atoms with Crippen molar-refractivity contribution in [1.82, 2.24) is 9.55 Å². The number of aliphatic hydroxyl groups is 1. The molecule has 190 valence electrons. The molecule has 36 heavy (non-hydrogen) atoms. The van der Waals surface area contributed by atoms with E-state index < -0.39 is 0 Å². The van der Waals surface area contributed by atoms with Crippen molar-refractivity contribution < 1.29 is 9.50 Å². The van der Waals surface area contributed by atoms with Crippen LogP contribution in [0.1, 0.15) is 45.2 Å². The molecule has 0 aliphatic heterocycles. The fraction of sp³-hybridized carbons (Fsp3) is 0.464. The van der Waals surface area contributed by atoms with E-state index in [2.05, 4.69) is 20.9 Å². The molecule has 7 nitrogen and oxygen atoms in total. The molecule has 1 aromatic carbocycles. The van der Waals surface area contributed by atoms with Crippen molar-refractivity contribution in [2.45, 2.75) is 51.6 Å². The average Bonchev–Trinajstić information content (AvgIpc) is 2.89. The van der Waals surface area contributed by atoms with Gasteiger partial charge in [-0.25, -0.2) is 9.37 Å². The number of anilines is 2. The zero-order chi connectivity index (χ0) is 26.0. The fourth-order valence-electron chi connectivity index (χ4n) is 5.17. The first-order valence-electron chi connectivity index (χ1n) is 12.4. The van der Waals surface area contributed by atoms with Gasteiger partial charge >= 0.3 is 0 Å². The lowest BCUT2D eigenvalue weighted by molar-refractivity contribution is 0.159. The Morgan fingerprint density at radius 1 is 1.14 bits per heavy atom. The summed E-state index contributed by atoms with van der Waals surface area (Å²) in [4.78, 5) is 21.6. The van der Waals surface area contributed by atoms with Crippen LogP contribution in [0.25, 0.3) is 11.0 Å². The molecule has 1 saturated carbocycles. The first-order chi connectivity index (χ1) is 17.1. The molecule has 0 saturated heterocycles. The predicted molar refractivity (Wildman–Crippen MR) is 141 cm³/mol. The topological polar surface area (TPSA) is 85.4 Å². The van der Waals surface area contributed by atoms with Crippen molar-refractivity contribution in [3.8, 4) is 6.07 Å². The molecule has 0 atom stereocenters. The molecule has 4 rings (SSSR count). The first-order valence-corrected chi connectivity index (χ1v) is 12.4. The Balaban J connectivity index is 1.58. The summed E-state index contributed by atoms with van der Waals surface area (Å²) in [5.74, 6) is -0.264. The number of nitriles is 1. The second-order valence-corrected chi connectivity index (χ2v) is 10.6. The summed E-state index contributed by atoms with van der Waals surface area (Å²) < 4.78 is 15.2. The van der Waals surface area contributed by atoms with Gasteiger partial charge in [0.1, 0.15) is 23.1 Å². The van der Waals surface area contributed by atoms with E-state index in [1.54, 1.807) is 29.8 Å². The number of pyridine rings is 2. The second-order valence-electron chi connectivity index (χ2n) is 10.6. The Kier molecular flexibility index (Phi) is 7.32. The summed E-state index contributed by atoms with van der Waals surface area (Å²) in [5, 5.41) is 19.2. The van der Waals surface area contributed by atoms with Crippen LogP contribution in [0.2, 0.25) is 0 Å². The number of hydrogen-bond acceptors (Lipinski definition) is 6. The van der Waals surface area contributed by atoms with Crippen LogP contribution in [0.5, 0.6) is 0 Å². The van der Waals surface area contributed by atoms with Gasteiger partial charge in [0.05, 0.1) is 11.2 Å². The summed E-state index contributed by atoms with van der Waals surface area (Å²) in [6.07, 6.45) is 3.67. The van der Waals surface area contributed by atoms with Crippen LogP contribution >= 0.6 is 0 Å². The highest BCUT2D eigenvalue weighted by Crippen LogP contribution is 2.34. The normalized spacial score (nSPS) is 18.1. The monoisotopic (exact) mass is 491 g/mol. The molecule has 0 spiro atoms. The van der Waals surface area contributed by atoms with E-state index in [-0.39, 0.29) is 35.5 Å². The maximum Gasteiger partial charge on any atom is 0.252 e. The first kappa shape index (κ1) is 25.6. The zero-order valence-electron chi connectivity index (χ0n) is 21.4. The van der Waals surface area contributed by atoms with E-state index in [1.807, 2.05) is 33.0 Å². The van der Waals surface area contributed by atoms with E-state index in [9.17, 15) is 19.6 Å². The number of aliphatic hydroxyl groups excluding tert-OH is 1. The van der Waals surface area contributed by atoms with Crippen LogP contribution in [-0.2, 0) is 7.05 Å². The maximum absolute atomic E-state index is 13.6. The fourth-order valence-corrected chi connectivity index (χ4v) is 5.17. The largest absolute Gasteiger partial charge is 0.396 e. The molecular weight excluding hydrogens is 457 g/mol. The van der Waals surface area contributed by atoms with Gasteiger partial charge in [-0.15, -0.1) is 0 Å². The van der Waals surface area contributed by atoms with Crippen molar-refractivity contribution in [3.05, 3.63) is 64.3 Å². The number of hydrogen-bond donors (Lipinski definition) is 1. The number of rotatable bonds is 7. The molecule has 2 aromatic heterocycles. The van der Waals surface area contributed by atoms with Crippen LogP contribution in [0, 0.1) is 22.6 Å². The predicted octanol–water partition coefficient (Wildman–Crippen LogP) is 4.22. The lowest BCUT2D eigenvalue weighted by atomic mass is 9.86. The van der Waals surface area contributed by atoms with Gasteiger partial charge in [-0.3, -0.25) is 4.79 Å². The van der Waals surface area contributed by atoms with E-state index in [4.69, 9.17) is 0 Å². The summed E-state index contributed by atoms with van der Waals surface area (Å²) in [5.41, 5.74) is 2.96. The molecule has 3 aromatic rings. The van der Waals surface area contributed by atoms with E-state index in [0.29, 0.717) is 23.3 Å². The molecule has 1 N–H and O–H groups in total. The molecule has 0 amide bonds. The molecule has 1 aliphatic rings. The van der Waals surface area contributed by atoms with Gasteiger partial charge in [-0.1, -0.05) is 13.8 Å². The van der Waals surface area contributed by atoms with Gasteiger partial charge in [-0.2, -0.15) is 5.26 Å². The van der Waals surface area contributed by atoms with Gasteiger partial charge in [-0.05, 0) is 62.1 Å². The summed E-state index contributed by atoms with van der Waals surface area (Å²) in [6.45, 7) is 4.80. The number of benzene rings is 1. The van der Waals surface area contributed by atoms with Crippen LogP contribution in [-0.4, -0.2) is 46.9 Å². The summed E-state index contributed by atoms with van der Waals surface area (Å²) in [7, 11) is 3.71.